The van der Waals surface area contributed by atoms with Gasteiger partial charge in [-0.15, -0.1) is 22.7 Å². The second kappa shape index (κ2) is 4.81. The highest BCUT2D eigenvalue weighted by molar-refractivity contribution is 7.14. The van der Waals surface area contributed by atoms with Crippen molar-refractivity contribution in [1.29, 1.82) is 0 Å². The van der Waals surface area contributed by atoms with E-state index in [2.05, 4.69) is 20.6 Å². The van der Waals surface area contributed by atoms with Gasteiger partial charge in [0, 0.05) is 23.2 Å². The van der Waals surface area contributed by atoms with E-state index in [4.69, 9.17) is 0 Å². The number of hydrogen-bond acceptors (Lipinski definition) is 6. The Balaban J connectivity index is 1.92. The summed E-state index contributed by atoms with van der Waals surface area (Å²) in [4.78, 5) is 30.4. The van der Waals surface area contributed by atoms with Gasteiger partial charge in [0.2, 0.25) is 0 Å². The van der Waals surface area contributed by atoms with Crippen LogP contribution in [-0.4, -0.2) is 21.8 Å². The van der Waals surface area contributed by atoms with Gasteiger partial charge in [-0.05, 0) is 0 Å². The number of aromatic nitrogens is 2. The second-order valence-electron chi connectivity index (χ2n) is 2.58. The maximum absolute atomic E-state index is 11.4. The molecular formula is C8H6N4O2S2. The van der Waals surface area contributed by atoms with Gasteiger partial charge in [0.25, 0.3) is 0 Å². The molecule has 8 heteroatoms. The maximum Gasteiger partial charge on any atom is 0.315 e. The first kappa shape index (κ1) is 10.7. The highest BCUT2D eigenvalue weighted by Crippen LogP contribution is 2.12. The Labute approximate surface area is 98.4 Å². The molecule has 0 aromatic carbocycles. The van der Waals surface area contributed by atoms with Crippen molar-refractivity contribution in [3.05, 3.63) is 23.2 Å². The molecule has 0 aliphatic rings. The number of rotatable bonds is 2. The van der Waals surface area contributed by atoms with Gasteiger partial charge in [-0.3, -0.25) is 20.2 Å². The number of carbonyl (C=O) groups is 2. The molecule has 82 valence electrons. The lowest BCUT2D eigenvalue weighted by atomic mass is 10.5. The standard InChI is InChI=1S/C8H6N4O2S2/c13-5(11-7-9-1-3-15-7)6(14)12-8-10-2-4-16-8/h1-4H,(H,9,11,13)(H,10,12,14). The topological polar surface area (TPSA) is 84.0 Å². The first-order valence-corrected chi connectivity index (χ1v) is 5.93. The fourth-order valence-corrected chi connectivity index (χ4v) is 1.93. The van der Waals surface area contributed by atoms with E-state index in [0.717, 1.165) is 0 Å². The number of carbonyl (C=O) groups excluding carboxylic acids is 2. The van der Waals surface area contributed by atoms with Crippen LogP contribution in [0, 0.1) is 0 Å². The molecule has 0 saturated heterocycles. The highest BCUT2D eigenvalue weighted by Gasteiger charge is 2.15. The van der Waals surface area contributed by atoms with Crippen LogP contribution < -0.4 is 10.6 Å². The molecule has 0 saturated carbocycles. The van der Waals surface area contributed by atoms with E-state index in [0.29, 0.717) is 10.3 Å². The monoisotopic (exact) mass is 254 g/mol. The van der Waals surface area contributed by atoms with Crippen LogP contribution in [0.4, 0.5) is 10.3 Å². The Bertz CT molecular complexity index is 434. The van der Waals surface area contributed by atoms with Crippen molar-refractivity contribution in [3.8, 4) is 0 Å². The molecule has 2 aromatic heterocycles. The van der Waals surface area contributed by atoms with E-state index >= 15 is 0 Å². The molecule has 2 N–H and O–H groups in total. The number of nitrogens with zero attached hydrogens (tertiary/aromatic N) is 2. The van der Waals surface area contributed by atoms with Crippen LogP contribution in [0.2, 0.25) is 0 Å². The van der Waals surface area contributed by atoms with Gasteiger partial charge in [0.1, 0.15) is 0 Å². The van der Waals surface area contributed by atoms with E-state index < -0.39 is 11.8 Å². The molecule has 0 unspecified atom stereocenters. The van der Waals surface area contributed by atoms with Gasteiger partial charge < -0.3 is 0 Å². The summed E-state index contributed by atoms with van der Waals surface area (Å²) in [7, 11) is 0. The summed E-state index contributed by atoms with van der Waals surface area (Å²) < 4.78 is 0. The molecule has 16 heavy (non-hydrogen) atoms. The SMILES string of the molecule is O=C(Nc1nccs1)C(=O)Nc1nccs1. The smallest absolute Gasteiger partial charge is 0.294 e. The molecule has 6 nitrogen and oxygen atoms in total. The van der Waals surface area contributed by atoms with Crippen molar-refractivity contribution >= 4 is 44.8 Å². The lowest BCUT2D eigenvalue weighted by Crippen LogP contribution is -2.28. The molecule has 2 aromatic rings. The van der Waals surface area contributed by atoms with Gasteiger partial charge >= 0.3 is 11.8 Å². The van der Waals surface area contributed by atoms with Crippen LogP contribution >= 0.6 is 22.7 Å². The summed E-state index contributed by atoms with van der Waals surface area (Å²) in [5.74, 6) is -1.52. The minimum absolute atomic E-state index is 0.388. The second-order valence-corrected chi connectivity index (χ2v) is 4.37. The zero-order valence-corrected chi connectivity index (χ0v) is 9.47. The predicted molar refractivity (Wildman–Crippen MR) is 61.5 cm³/mol. The summed E-state index contributed by atoms with van der Waals surface area (Å²) in [5.41, 5.74) is 0. The molecule has 0 spiro atoms. The molecule has 0 aliphatic heterocycles. The Hall–Kier alpha value is -1.80. The van der Waals surface area contributed by atoms with Crippen molar-refractivity contribution in [1.82, 2.24) is 9.97 Å². The molecule has 0 bridgehead atoms. The zero-order valence-electron chi connectivity index (χ0n) is 7.84. The maximum atomic E-state index is 11.4. The summed E-state index contributed by atoms with van der Waals surface area (Å²) >= 11 is 2.48. The molecule has 2 heterocycles. The minimum atomic E-state index is -0.759. The molecule has 0 radical (unpaired) electrons. The number of anilines is 2. The van der Waals surface area contributed by atoms with Gasteiger partial charge in [-0.1, -0.05) is 0 Å². The Morgan fingerprint density at radius 2 is 1.38 bits per heavy atom. The predicted octanol–water partition coefficient (Wildman–Crippen LogP) is 1.18. The van der Waals surface area contributed by atoms with E-state index in [1.807, 2.05) is 0 Å². The first-order valence-electron chi connectivity index (χ1n) is 4.17. The lowest BCUT2D eigenvalue weighted by molar-refractivity contribution is -0.132. The van der Waals surface area contributed by atoms with Crippen molar-refractivity contribution in [2.24, 2.45) is 0 Å². The van der Waals surface area contributed by atoms with Crippen molar-refractivity contribution in [2.75, 3.05) is 10.6 Å². The van der Waals surface area contributed by atoms with Crippen LogP contribution in [0.25, 0.3) is 0 Å². The summed E-state index contributed by atoms with van der Waals surface area (Å²) in [6, 6.07) is 0. The van der Waals surface area contributed by atoms with Crippen LogP contribution in [0.5, 0.6) is 0 Å². The average molecular weight is 254 g/mol. The van der Waals surface area contributed by atoms with Crippen LogP contribution in [0.1, 0.15) is 0 Å². The van der Waals surface area contributed by atoms with Gasteiger partial charge in [-0.25, -0.2) is 9.97 Å². The third-order valence-electron chi connectivity index (χ3n) is 1.51. The van der Waals surface area contributed by atoms with E-state index in [-0.39, 0.29) is 0 Å². The number of amides is 2. The molecule has 0 aliphatic carbocycles. The fraction of sp³-hybridized carbons (Fsp3) is 0. The Kier molecular flexibility index (Phi) is 3.22. The van der Waals surface area contributed by atoms with Crippen LogP contribution in [0.15, 0.2) is 23.2 Å². The zero-order chi connectivity index (χ0) is 11.4. The van der Waals surface area contributed by atoms with Gasteiger partial charge in [0.05, 0.1) is 0 Å². The van der Waals surface area contributed by atoms with Crippen molar-refractivity contribution in [3.63, 3.8) is 0 Å². The third-order valence-corrected chi connectivity index (χ3v) is 2.89. The van der Waals surface area contributed by atoms with Gasteiger partial charge in [-0.2, -0.15) is 0 Å². The van der Waals surface area contributed by atoms with Crippen molar-refractivity contribution < 1.29 is 9.59 Å². The first-order chi connectivity index (χ1) is 7.75. The molecule has 2 amide bonds. The van der Waals surface area contributed by atoms with Crippen LogP contribution in [-0.2, 0) is 9.59 Å². The molecular weight excluding hydrogens is 248 g/mol. The van der Waals surface area contributed by atoms with Gasteiger partial charge in [0.15, 0.2) is 10.3 Å². The summed E-state index contributed by atoms with van der Waals surface area (Å²) in [5, 5.41) is 8.92. The number of hydrogen-bond donors (Lipinski definition) is 2. The number of nitrogens with one attached hydrogen (secondary N) is 2. The minimum Gasteiger partial charge on any atom is -0.294 e. The highest BCUT2D eigenvalue weighted by atomic mass is 32.1. The Morgan fingerprint density at radius 1 is 0.938 bits per heavy atom. The van der Waals surface area contributed by atoms with Crippen LogP contribution in [0.3, 0.4) is 0 Å². The lowest BCUT2D eigenvalue weighted by Gasteiger charge is -2.00. The largest absolute Gasteiger partial charge is 0.315 e. The van der Waals surface area contributed by atoms with E-state index in [1.165, 1.54) is 22.7 Å². The molecule has 0 fully saturated rings. The average Bonchev–Trinajstić information content (AvgIpc) is 2.90. The third kappa shape index (κ3) is 2.61. The normalized spacial score (nSPS) is 9.75. The van der Waals surface area contributed by atoms with E-state index in [1.54, 1.807) is 23.2 Å². The summed E-state index contributed by atoms with van der Waals surface area (Å²) in [6.07, 6.45) is 3.08. The quantitative estimate of drug-likeness (QED) is 0.788. The fourth-order valence-electron chi connectivity index (χ4n) is 0.878. The number of thiazole rings is 2. The molecule has 0 atom stereocenters. The summed E-state index contributed by atoms with van der Waals surface area (Å²) in [6.45, 7) is 0. The van der Waals surface area contributed by atoms with Crippen molar-refractivity contribution in [2.45, 2.75) is 0 Å². The van der Waals surface area contributed by atoms with E-state index in [9.17, 15) is 9.59 Å². The Morgan fingerprint density at radius 3 is 1.69 bits per heavy atom. The molecule has 2 rings (SSSR count).